The van der Waals surface area contributed by atoms with Crippen LogP contribution in [0.3, 0.4) is 0 Å². The molecule has 0 fully saturated rings. The van der Waals surface area contributed by atoms with E-state index in [9.17, 15) is 9.59 Å². The lowest BCUT2D eigenvalue weighted by atomic mass is 9.96. The van der Waals surface area contributed by atoms with Crippen LogP contribution in [0.15, 0.2) is 24.3 Å². The highest BCUT2D eigenvalue weighted by Crippen LogP contribution is 2.48. The average Bonchev–Trinajstić information content (AvgIpc) is 2.68. The molecule has 0 amide bonds. The number of ether oxygens (including phenoxy) is 1. The van der Waals surface area contributed by atoms with Crippen molar-refractivity contribution < 1.29 is 23.2 Å². The summed E-state index contributed by atoms with van der Waals surface area (Å²) in [5, 5.41) is 0.755. The number of carbonyl (C=O) groups is 2. The van der Waals surface area contributed by atoms with E-state index in [2.05, 4.69) is 67.7 Å². The number of carbonyl (C=O) groups excluding carboxylic acids is 2. The molecule has 0 aromatic heterocycles. The number of hydrogen-bond donors (Lipinski definition) is 0. The first-order chi connectivity index (χ1) is 15.3. The van der Waals surface area contributed by atoms with Gasteiger partial charge in [-0.2, -0.15) is 0 Å². The van der Waals surface area contributed by atoms with E-state index in [1.54, 1.807) is 0 Å². The molecule has 0 aliphatic heterocycles. The molecule has 2 aromatic carbocycles. The van der Waals surface area contributed by atoms with Gasteiger partial charge in [0, 0.05) is 16.3 Å². The van der Waals surface area contributed by atoms with Crippen molar-refractivity contribution in [1.82, 2.24) is 0 Å². The van der Waals surface area contributed by atoms with Crippen molar-refractivity contribution in [2.24, 2.45) is 0 Å². The minimum absolute atomic E-state index is 0.0991. The first-order valence-electron chi connectivity index (χ1n) is 11.6. The quantitative estimate of drug-likeness (QED) is 0.212. The summed E-state index contributed by atoms with van der Waals surface area (Å²) >= 11 is 5.91. The summed E-state index contributed by atoms with van der Waals surface area (Å²) in [7, 11) is -3.39. The molecule has 0 atom stereocenters. The van der Waals surface area contributed by atoms with Gasteiger partial charge in [0.05, 0.1) is 13.5 Å². The van der Waals surface area contributed by atoms with Crippen LogP contribution in [0.2, 0.25) is 36.3 Å². The third-order valence-corrected chi connectivity index (χ3v) is 16.0. The maximum Gasteiger partial charge on any atom is 0.342 e. The van der Waals surface area contributed by atoms with Crippen LogP contribution in [0.1, 0.15) is 57.5 Å². The van der Waals surface area contributed by atoms with E-state index < -0.39 is 27.8 Å². The van der Waals surface area contributed by atoms with Gasteiger partial charge in [0.15, 0.2) is 0 Å². The average molecular weight is 523 g/mol. The first-order valence-corrected chi connectivity index (χ1v) is 17.8. The highest BCUT2D eigenvalue weighted by molar-refractivity contribution is 6.75. The smallest absolute Gasteiger partial charge is 0.342 e. The standard InChI is InChI=1S/C26H39ClO5Si2/c1-25(2,3)33(8,9)31-22-17-14-12-13-15-18(17)23(32-34(10,11)26(4,5)6)21(24(29)30-7)19(22)16-20(27)28/h12-15H,16H2,1-11H3. The molecular weight excluding hydrogens is 484 g/mol. The van der Waals surface area contributed by atoms with Crippen molar-refractivity contribution in [2.45, 2.75) is 84.2 Å². The summed E-state index contributed by atoms with van der Waals surface area (Å²) in [6.45, 7) is 21.3. The largest absolute Gasteiger partial charge is 0.543 e. The fourth-order valence-electron chi connectivity index (χ4n) is 3.09. The summed E-state index contributed by atoms with van der Waals surface area (Å²) in [6, 6.07) is 7.69. The van der Waals surface area contributed by atoms with Crippen LogP contribution < -0.4 is 8.85 Å². The number of hydrogen-bond acceptors (Lipinski definition) is 5. The molecule has 0 saturated heterocycles. The van der Waals surface area contributed by atoms with Crippen LogP contribution in [0.5, 0.6) is 11.5 Å². The Morgan fingerprint density at radius 1 is 0.824 bits per heavy atom. The second-order valence-electron chi connectivity index (χ2n) is 11.8. The van der Waals surface area contributed by atoms with Crippen molar-refractivity contribution >= 4 is 50.2 Å². The molecule has 8 heteroatoms. The lowest BCUT2D eigenvalue weighted by Gasteiger charge is -2.39. The predicted molar refractivity (Wildman–Crippen MR) is 146 cm³/mol. The number of benzene rings is 2. The zero-order valence-electron chi connectivity index (χ0n) is 22.4. The van der Waals surface area contributed by atoms with Gasteiger partial charge in [-0.15, -0.1) is 0 Å². The third-order valence-electron chi connectivity index (χ3n) is 7.25. The van der Waals surface area contributed by atoms with E-state index in [1.165, 1.54) is 7.11 Å². The Morgan fingerprint density at radius 3 is 1.62 bits per heavy atom. The second-order valence-corrected chi connectivity index (χ2v) is 21.7. The second kappa shape index (κ2) is 9.67. The van der Waals surface area contributed by atoms with E-state index in [0.717, 1.165) is 10.8 Å². The molecule has 0 bridgehead atoms. The Hall–Kier alpha value is -1.84. The van der Waals surface area contributed by atoms with E-state index in [1.807, 2.05) is 24.3 Å². The molecule has 34 heavy (non-hydrogen) atoms. The van der Waals surface area contributed by atoms with Gasteiger partial charge >= 0.3 is 5.97 Å². The molecular formula is C26H39ClO5Si2. The van der Waals surface area contributed by atoms with Crippen LogP contribution in [-0.2, 0) is 16.0 Å². The zero-order chi connectivity index (χ0) is 26.3. The lowest BCUT2D eigenvalue weighted by molar-refractivity contribution is -0.111. The van der Waals surface area contributed by atoms with Crippen molar-refractivity contribution in [1.29, 1.82) is 0 Å². The molecule has 2 aromatic rings. The summed E-state index contributed by atoms with van der Waals surface area (Å²) in [4.78, 5) is 25.5. The van der Waals surface area contributed by atoms with E-state index in [-0.39, 0.29) is 22.1 Å². The fraction of sp³-hybridized carbons (Fsp3) is 0.538. The molecule has 0 aliphatic rings. The molecule has 0 radical (unpaired) electrons. The normalized spacial score (nSPS) is 13.1. The lowest BCUT2D eigenvalue weighted by Crippen LogP contribution is -2.45. The Kier molecular flexibility index (Phi) is 8.07. The van der Waals surface area contributed by atoms with E-state index in [4.69, 9.17) is 25.2 Å². The highest BCUT2D eigenvalue weighted by atomic mass is 35.5. The minimum Gasteiger partial charge on any atom is -0.543 e. The highest BCUT2D eigenvalue weighted by Gasteiger charge is 2.43. The van der Waals surface area contributed by atoms with Gasteiger partial charge in [-0.1, -0.05) is 65.8 Å². The van der Waals surface area contributed by atoms with Crippen molar-refractivity contribution in [2.75, 3.05) is 7.11 Å². The van der Waals surface area contributed by atoms with Crippen molar-refractivity contribution in [3.05, 3.63) is 35.4 Å². The fourth-order valence-corrected chi connectivity index (χ4v) is 5.30. The topological polar surface area (TPSA) is 61.8 Å². The minimum atomic E-state index is -2.37. The summed E-state index contributed by atoms with van der Waals surface area (Å²) in [5.41, 5.74) is 0.637. The number of rotatable bonds is 7. The molecule has 2 rings (SSSR count). The summed E-state index contributed by atoms with van der Waals surface area (Å²) < 4.78 is 18.7. The van der Waals surface area contributed by atoms with Gasteiger partial charge in [0.25, 0.3) is 16.6 Å². The van der Waals surface area contributed by atoms with Gasteiger partial charge in [-0.05, 0) is 47.9 Å². The van der Waals surface area contributed by atoms with Crippen LogP contribution in [0.25, 0.3) is 10.8 Å². The van der Waals surface area contributed by atoms with Gasteiger partial charge < -0.3 is 13.6 Å². The van der Waals surface area contributed by atoms with Gasteiger partial charge in [-0.3, -0.25) is 4.79 Å². The third kappa shape index (κ3) is 5.69. The Morgan fingerprint density at radius 2 is 1.24 bits per heavy atom. The van der Waals surface area contributed by atoms with Gasteiger partial charge in [0.2, 0.25) is 5.24 Å². The van der Waals surface area contributed by atoms with Crippen LogP contribution >= 0.6 is 11.6 Å². The zero-order valence-corrected chi connectivity index (χ0v) is 25.2. The molecule has 0 saturated carbocycles. The monoisotopic (exact) mass is 522 g/mol. The molecule has 0 aliphatic carbocycles. The Labute approximate surface area is 211 Å². The summed E-state index contributed by atoms with van der Waals surface area (Å²) in [6.07, 6.45) is -0.172. The molecule has 5 nitrogen and oxygen atoms in total. The van der Waals surface area contributed by atoms with E-state index >= 15 is 0 Å². The predicted octanol–water partition coefficient (Wildman–Crippen LogP) is 7.70. The first kappa shape index (κ1) is 28.4. The van der Waals surface area contributed by atoms with Crippen LogP contribution in [0.4, 0.5) is 0 Å². The van der Waals surface area contributed by atoms with Crippen LogP contribution in [-0.4, -0.2) is 35.0 Å². The van der Waals surface area contributed by atoms with Crippen molar-refractivity contribution in [3.8, 4) is 11.5 Å². The molecule has 0 N–H and O–H groups in total. The SMILES string of the molecule is COC(=O)c1c(CC(=O)Cl)c(O[Si](C)(C)C(C)(C)C)c2ccccc2c1O[Si](C)(C)C(C)(C)C. The Bertz CT molecular complexity index is 1100. The number of methoxy groups -OCH3 is 1. The number of halogens is 1. The number of esters is 1. The molecule has 188 valence electrons. The molecule has 0 spiro atoms. The van der Waals surface area contributed by atoms with Gasteiger partial charge in [-0.25, -0.2) is 4.79 Å². The van der Waals surface area contributed by atoms with E-state index in [0.29, 0.717) is 17.1 Å². The summed E-state index contributed by atoms with van der Waals surface area (Å²) in [5.74, 6) is 0.371. The maximum absolute atomic E-state index is 13.2. The van der Waals surface area contributed by atoms with Crippen LogP contribution in [0, 0.1) is 0 Å². The molecule has 0 heterocycles. The maximum atomic E-state index is 13.2. The number of fused-ring (bicyclic) bond motifs is 1. The van der Waals surface area contributed by atoms with Crippen molar-refractivity contribution in [3.63, 3.8) is 0 Å². The molecule has 0 unspecified atom stereocenters. The Balaban J connectivity index is 3.06. The van der Waals surface area contributed by atoms with Gasteiger partial charge in [0.1, 0.15) is 17.1 Å².